The van der Waals surface area contributed by atoms with Crippen molar-refractivity contribution < 1.29 is 26.4 Å². The van der Waals surface area contributed by atoms with Crippen LogP contribution in [0, 0.1) is 0 Å². The second-order valence-electron chi connectivity index (χ2n) is 4.42. The van der Waals surface area contributed by atoms with Crippen LogP contribution in [0.3, 0.4) is 0 Å². The van der Waals surface area contributed by atoms with E-state index in [4.69, 9.17) is 0 Å². The maximum Gasteiger partial charge on any atom is 0.405 e. The van der Waals surface area contributed by atoms with Gasteiger partial charge >= 0.3 is 6.18 Å². The molecule has 1 N–H and O–H groups in total. The van der Waals surface area contributed by atoms with Crippen LogP contribution in [0.25, 0.3) is 0 Å². The lowest BCUT2D eigenvalue weighted by molar-refractivity contribution is -0.140. The van der Waals surface area contributed by atoms with Gasteiger partial charge in [-0.2, -0.15) is 17.5 Å². The average molecular weight is 302 g/mol. The van der Waals surface area contributed by atoms with E-state index in [-0.39, 0.29) is 18.7 Å². The zero-order valence-corrected chi connectivity index (χ0v) is 11.4. The number of alkyl halides is 3. The molecule has 1 aliphatic heterocycles. The van der Waals surface area contributed by atoms with Crippen molar-refractivity contribution in [1.82, 2.24) is 9.62 Å². The molecule has 0 aromatic rings. The van der Waals surface area contributed by atoms with Crippen molar-refractivity contribution in [3.8, 4) is 0 Å². The summed E-state index contributed by atoms with van der Waals surface area (Å²) in [4.78, 5) is 11.6. The maximum absolute atomic E-state index is 12.0. The minimum atomic E-state index is -4.50. The predicted octanol–water partition coefficient (Wildman–Crippen LogP) is 0.869. The quantitative estimate of drug-likeness (QED) is 0.819. The van der Waals surface area contributed by atoms with E-state index in [1.807, 2.05) is 0 Å². The molecule has 1 fully saturated rings. The SMILES string of the molecule is CCCS(=O)(=O)N1CCCC1C(=O)NCC(F)(F)F. The Morgan fingerprint density at radius 2 is 2.05 bits per heavy atom. The van der Waals surface area contributed by atoms with Crippen molar-refractivity contribution >= 4 is 15.9 Å². The van der Waals surface area contributed by atoms with Crippen molar-refractivity contribution in [1.29, 1.82) is 0 Å². The summed E-state index contributed by atoms with van der Waals surface area (Å²) in [7, 11) is -3.57. The zero-order chi connectivity index (χ0) is 14.7. The monoisotopic (exact) mass is 302 g/mol. The summed E-state index contributed by atoms with van der Waals surface area (Å²) >= 11 is 0. The second kappa shape index (κ2) is 6.08. The predicted molar refractivity (Wildman–Crippen MR) is 62.9 cm³/mol. The van der Waals surface area contributed by atoms with Crippen LogP contribution in [0.1, 0.15) is 26.2 Å². The summed E-state index contributed by atoms with van der Waals surface area (Å²) in [6, 6.07) is -1.01. The number of sulfonamides is 1. The van der Waals surface area contributed by atoms with Crippen LogP contribution in [-0.4, -0.2) is 49.7 Å². The Morgan fingerprint density at radius 1 is 1.42 bits per heavy atom. The molecule has 0 aliphatic carbocycles. The Kier molecular flexibility index (Phi) is 5.19. The Balaban J connectivity index is 2.69. The van der Waals surface area contributed by atoms with Crippen LogP contribution in [0.4, 0.5) is 13.2 Å². The first-order valence-corrected chi connectivity index (χ1v) is 7.62. The highest BCUT2D eigenvalue weighted by molar-refractivity contribution is 7.89. The zero-order valence-electron chi connectivity index (χ0n) is 10.5. The largest absolute Gasteiger partial charge is 0.405 e. The molecule has 0 saturated carbocycles. The van der Waals surface area contributed by atoms with E-state index in [2.05, 4.69) is 0 Å². The molecule has 9 heteroatoms. The number of amides is 1. The molecule has 0 spiro atoms. The Bertz CT molecular complexity index is 422. The highest BCUT2D eigenvalue weighted by Crippen LogP contribution is 2.22. The van der Waals surface area contributed by atoms with Crippen LogP contribution in [0.5, 0.6) is 0 Å². The number of nitrogens with one attached hydrogen (secondary N) is 1. The van der Waals surface area contributed by atoms with Crippen LogP contribution >= 0.6 is 0 Å². The third-order valence-electron chi connectivity index (χ3n) is 2.79. The fourth-order valence-electron chi connectivity index (χ4n) is 2.02. The van der Waals surface area contributed by atoms with E-state index >= 15 is 0 Å². The molecule has 1 aliphatic rings. The highest BCUT2D eigenvalue weighted by Gasteiger charge is 2.39. The minimum absolute atomic E-state index is 0.101. The standard InChI is InChI=1S/C10H17F3N2O3S/c1-2-6-19(17,18)15-5-3-4-8(15)9(16)14-7-10(11,12)13/h8H,2-7H2,1H3,(H,14,16). The fraction of sp³-hybridized carbons (Fsp3) is 0.900. The van der Waals surface area contributed by atoms with Gasteiger partial charge in [-0.05, 0) is 19.3 Å². The molecule has 0 aromatic heterocycles. The van der Waals surface area contributed by atoms with Gasteiger partial charge in [0.1, 0.15) is 12.6 Å². The van der Waals surface area contributed by atoms with Crippen LogP contribution in [-0.2, 0) is 14.8 Å². The number of hydrogen-bond donors (Lipinski definition) is 1. The topological polar surface area (TPSA) is 66.5 Å². The Hall–Kier alpha value is -0.830. The molecular weight excluding hydrogens is 285 g/mol. The Labute approximate surface area is 110 Å². The molecule has 1 unspecified atom stereocenters. The van der Waals surface area contributed by atoms with Crippen molar-refractivity contribution in [2.24, 2.45) is 0 Å². The van der Waals surface area contributed by atoms with Gasteiger partial charge in [0.2, 0.25) is 15.9 Å². The van der Waals surface area contributed by atoms with Crippen LogP contribution < -0.4 is 5.32 Å². The molecular formula is C10H17F3N2O3S. The maximum atomic E-state index is 12.0. The number of nitrogens with zero attached hydrogens (tertiary/aromatic N) is 1. The van der Waals surface area contributed by atoms with Gasteiger partial charge < -0.3 is 5.32 Å². The molecule has 5 nitrogen and oxygen atoms in total. The van der Waals surface area contributed by atoms with E-state index in [9.17, 15) is 26.4 Å². The minimum Gasteiger partial charge on any atom is -0.346 e. The first-order valence-electron chi connectivity index (χ1n) is 6.01. The molecule has 1 heterocycles. The second-order valence-corrected chi connectivity index (χ2v) is 6.46. The molecule has 19 heavy (non-hydrogen) atoms. The first-order chi connectivity index (χ1) is 8.67. The molecule has 1 atom stereocenters. The number of rotatable bonds is 5. The molecule has 112 valence electrons. The van der Waals surface area contributed by atoms with Crippen molar-refractivity contribution in [3.63, 3.8) is 0 Å². The third kappa shape index (κ3) is 4.64. The smallest absolute Gasteiger partial charge is 0.346 e. The fourth-order valence-corrected chi connectivity index (χ4v) is 3.76. The lowest BCUT2D eigenvalue weighted by atomic mass is 10.2. The third-order valence-corrected chi connectivity index (χ3v) is 4.86. The number of hydrogen-bond acceptors (Lipinski definition) is 3. The highest BCUT2D eigenvalue weighted by atomic mass is 32.2. The molecule has 1 amide bonds. The van der Waals surface area contributed by atoms with Gasteiger partial charge in [-0.1, -0.05) is 6.92 Å². The van der Waals surface area contributed by atoms with E-state index in [0.717, 1.165) is 4.31 Å². The number of carbonyl (C=O) groups excluding carboxylic acids is 1. The van der Waals surface area contributed by atoms with Crippen molar-refractivity contribution in [2.45, 2.75) is 38.4 Å². The van der Waals surface area contributed by atoms with Crippen molar-refractivity contribution in [2.75, 3.05) is 18.8 Å². The average Bonchev–Trinajstić information content (AvgIpc) is 2.74. The van der Waals surface area contributed by atoms with Gasteiger partial charge in [-0.25, -0.2) is 8.42 Å². The Morgan fingerprint density at radius 3 is 2.58 bits per heavy atom. The van der Waals surface area contributed by atoms with E-state index in [1.54, 1.807) is 12.2 Å². The molecule has 0 radical (unpaired) electrons. The number of carbonyl (C=O) groups is 1. The van der Waals surface area contributed by atoms with E-state index in [1.165, 1.54) is 0 Å². The van der Waals surface area contributed by atoms with Gasteiger partial charge in [-0.3, -0.25) is 4.79 Å². The van der Waals surface area contributed by atoms with Gasteiger partial charge in [0.25, 0.3) is 0 Å². The van der Waals surface area contributed by atoms with Gasteiger partial charge in [0.15, 0.2) is 0 Å². The molecule has 0 bridgehead atoms. The van der Waals surface area contributed by atoms with E-state index < -0.39 is 34.7 Å². The number of halogens is 3. The molecule has 0 aromatic carbocycles. The lowest BCUT2D eigenvalue weighted by Gasteiger charge is -2.23. The van der Waals surface area contributed by atoms with Crippen molar-refractivity contribution in [3.05, 3.63) is 0 Å². The first kappa shape index (κ1) is 16.2. The molecule has 1 rings (SSSR count). The van der Waals surface area contributed by atoms with Crippen LogP contribution in [0.15, 0.2) is 0 Å². The normalized spacial score (nSPS) is 21.6. The summed E-state index contributed by atoms with van der Waals surface area (Å²) in [5.41, 5.74) is 0. The van der Waals surface area contributed by atoms with Gasteiger partial charge in [0, 0.05) is 6.54 Å². The summed E-state index contributed by atoms with van der Waals surface area (Å²) in [6.07, 6.45) is -3.36. The lowest BCUT2D eigenvalue weighted by Crippen LogP contribution is -2.48. The van der Waals surface area contributed by atoms with Gasteiger partial charge in [-0.15, -0.1) is 0 Å². The summed E-state index contributed by atoms with van der Waals surface area (Å²) in [5.74, 6) is -0.981. The molecule has 1 saturated heterocycles. The van der Waals surface area contributed by atoms with Crippen LogP contribution in [0.2, 0.25) is 0 Å². The summed E-state index contributed by atoms with van der Waals surface area (Å²) in [6.45, 7) is 0.433. The summed E-state index contributed by atoms with van der Waals surface area (Å²) < 4.78 is 60.8. The van der Waals surface area contributed by atoms with Gasteiger partial charge in [0.05, 0.1) is 5.75 Å². The summed E-state index contributed by atoms with van der Waals surface area (Å²) in [5, 5.41) is 1.74. The van der Waals surface area contributed by atoms with E-state index in [0.29, 0.717) is 12.8 Å².